The maximum Gasteiger partial charge on any atom is 0.276 e. The van der Waals surface area contributed by atoms with Gasteiger partial charge < -0.3 is 14.2 Å². The number of carbonyl (C=O) groups excluding carboxylic acids is 1. The third kappa shape index (κ3) is 4.03. The fourth-order valence-electron chi connectivity index (χ4n) is 3.48. The van der Waals surface area contributed by atoms with Gasteiger partial charge in [-0.15, -0.1) is 0 Å². The first-order chi connectivity index (χ1) is 13.7. The number of likely N-dealkylation sites (tertiary alicyclic amines) is 1. The molecule has 0 bridgehead atoms. The number of ether oxygens (including phenoxy) is 1. The zero-order valence-corrected chi connectivity index (χ0v) is 15.7. The monoisotopic (exact) mass is 378 g/mol. The summed E-state index contributed by atoms with van der Waals surface area (Å²) in [5.74, 6) is 1.99. The molecule has 7 nitrogen and oxygen atoms in total. The Morgan fingerprint density at radius 1 is 1.29 bits per heavy atom. The summed E-state index contributed by atoms with van der Waals surface area (Å²) in [6.45, 7) is 1.36. The van der Waals surface area contributed by atoms with Gasteiger partial charge in [-0.05, 0) is 42.7 Å². The van der Waals surface area contributed by atoms with Crippen molar-refractivity contribution >= 4 is 5.91 Å². The Hall–Kier alpha value is -3.22. The maximum absolute atomic E-state index is 12.8. The molecule has 7 heteroatoms. The van der Waals surface area contributed by atoms with Gasteiger partial charge in [-0.1, -0.05) is 23.4 Å². The van der Waals surface area contributed by atoms with Crippen LogP contribution in [-0.4, -0.2) is 46.1 Å². The molecule has 1 unspecified atom stereocenters. The van der Waals surface area contributed by atoms with E-state index in [1.807, 2.05) is 47.4 Å². The van der Waals surface area contributed by atoms with E-state index in [4.69, 9.17) is 9.26 Å². The number of piperidine rings is 1. The molecule has 3 aromatic rings. The largest absolute Gasteiger partial charge is 0.497 e. The lowest BCUT2D eigenvalue weighted by atomic mass is 9.96. The predicted molar refractivity (Wildman–Crippen MR) is 103 cm³/mol. The number of hydrogen-bond donors (Lipinski definition) is 0. The highest BCUT2D eigenvalue weighted by Gasteiger charge is 2.28. The molecule has 0 spiro atoms. The molecule has 0 saturated carbocycles. The van der Waals surface area contributed by atoms with Crippen LogP contribution in [0.15, 0.2) is 53.2 Å². The van der Waals surface area contributed by atoms with Gasteiger partial charge in [0.15, 0.2) is 5.82 Å². The normalized spacial score (nSPS) is 16.8. The Kier molecular flexibility index (Phi) is 5.32. The van der Waals surface area contributed by atoms with Gasteiger partial charge in [0.2, 0.25) is 5.91 Å². The molecule has 0 radical (unpaired) electrons. The molecule has 1 saturated heterocycles. The second kappa shape index (κ2) is 8.21. The van der Waals surface area contributed by atoms with Crippen molar-refractivity contribution in [2.75, 3.05) is 20.2 Å². The van der Waals surface area contributed by atoms with Gasteiger partial charge in [-0.25, -0.2) is 0 Å². The molecule has 144 valence electrons. The molecule has 1 fully saturated rings. The third-order valence-electron chi connectivity index (χ3n) is 4.95. The number of nitrogens with zero attached hydrogens (tertiary/aromatic N) is 4. The number of benzene rings is 1. The molecule has 1 amide bonds. The minimum atomic E-state index is 0.0734. The van der Waals surface area contributed by atoms with Crippen molar-refractivity contribution in [3.05, 3.63) is 60.0 Å². The number of rotatable bonds is 5. The van der Waals surface area contributed by atoms with Gasteiger partial charge in [-0.2, -0.15) is 4.98 Å². The van der Waals surface area contributed by atoms with Crippen molar-refractivity contribution < 1.29 is 14.1 Å². The molecule has 28 heavy (non-hydrogen) atoms. The van der Waals surface area contributed by atoms with Gasteiger partial charge in [-0.3, -0.25) is 9.78 Å². The Labute approximate surface area is 163 Å². The fraction of sp³-hybridized carbons (Fsp3) is 0.333. The number of hydrogen-bond acceptors (Lipinski definition) is 6. The van der Waals surface area contributed by atoms with Crippen LogP contribution in [-0.2, 0) is 11.2 Å². The predicted octanol–water partition coefficient (Wildman–Crippen LogP) is 3.09. The van der Waals surface area contributed by atoms with Crippen molar-refractivity contribution in [3.8, 4) is 17.3 Å². The molecule has 1 aliphatic heterocycles. The molecule has 0 N–H and O–H groups in total. The Bertz CT molecular complexity index is 942. The summed E-state index contributed by atoms with van der Waals surface area (Å²) in [7, 11) is 1.63. The lowest BCUT2D eigenvalue weighted by Crippen LogP contribution is -2.40. The van der Waals surface area contributed by atoms with E-state index in [0.717, 1.165) is 30.7 Å². The number of aromatic nitrogens is 3. The lowest BCUT2D eigenvalue weighted by Gasteiger charge is -2.31. The van der Waals surface area contributed by atoms with Crippen molar-refractivity contribution in [3.63, 3.8) is 0 Å². The number of methoxy groups -OCH3 is 1. The summed E-state index contributed by atoms with van der Waals surface area (Å²) in [6, 6.07) is 13.2. The molecule has 1 atom stereocenters. The van der Waals surface area contributed by atoms with E-state index in [-0.39, 0.29) is 11.8 Å². The second-order valence-corrected chi connectivity index (χ2v) is 6.88. The molecule has 1 aromatic carbocycles. The highest BCUT2D eigenvalue weighted by Crippen LogP contribution is 2.27. The molecule has 3 heterocycles. The molecule has 2 aromatic heterocycles. The highest BCUT2D eigenvalue weighted by molar-refractivity contribution is 5.79. The van der Waals surface area contributed by atoms with Crippen LogP contribution in [0.1, 0.15) is 30.1 Å². The number of carbonyl (C=O) groups is 1. The summed E-state index contributed by atoms with van der Waals surface area (Å²) in [5, 5.41) is 4.14. The van der Waals surface area contributed by atoms with Crippen LogP contribution < -0.4 is 4.74 Å². The zero-order valence-electron chi connectivity index (χ0n) is 15.7. The highest BCUT2D eigenvalue weighted by atomic mass is 16.5. The van der Waals surface area contributed by atoms with Gasteiger partial charge in [0.1, 0.15) is 11.4 Å². The van der Waals surface area contributed by atoms with Crippen LogP contribution in [0.4, 0.5) is 0 Å². The third-order valence-corrected chi connectivity index (χ3v) is 4.95. The molecule has 0 aliphatic carbocycles. The van der Waals surface area contributed by atoms with Crippen LogP contribution in [0.3, 0.4) is 0 Å². The Morgan fingerprint density at radius 3 is 3.04 bits per heavy atom. The number of amides is 1. The first-order valence-corrected chi connectivity index (χ1v) is 9.38. The van der Waals surface area contributed by atoms with Crippen LogP contribution in [0, 0.1) is 0 Å². The van der Waals surface area contributed by atoms with Gasteiger partial charge in [0.25, 0.3) is 5.89 Å². The fourth-order valence-corrected chi connectivity index (χ4v) is 3.48. The van der Waals surface area contributed by atoms with Gasteiger partial charge in [0, 0.05) is 25.2 Å². The average molecular weight is 378 g/mol. The van der Waals surface area contributed by atoms with Crippen molar-refractivity contribution in [2.45, 2.75) is 25.2 Å². The maximum atomic E-state index is 12.8. The minimum absolute atomic E-state index is 0.0734. The van der Waals surface area contributed by atoms with Crippen LogP contribution in [0.5, 0.6) is 5.75 Å². The average Bonchev–Trinajstić information content (AvgIpc) is 3.25. The standard InChI is InChI=1S/C21H22N4O3/c1-27-17-8-4-6-15(12-17)13-19(26)25-11-5-7-16(14-25)20-23-21(28-24-20)18-9-2-3-10-22-18/h2-4,6,8-10,12,16H,5,7,11,13-14H2,1H3. The summed E-state index contributed by atoms with van der Waals surface area (Å²) < 4.78 is 10.6. The van der Waals surface area contributed by atoms with E-state index >= 15 is 0 Å². The zero-order chi connectivity index (χ0) is 19.3. The van der Waals surface area contributed by atoms with E-state index < -0.39 is 0 Å². The van der Waals surface area contributed by atoms with Crippen molar-refractivity contribution in [1.82, 2.24) is 20.0 Å². The lowest BCUT2D eigenvalue weighted by molar-refractivity contribution is -0.131. The Balaban J connectivity index is 1.43. The summed E-state index contributed by atoms with van der Waals surface area (Å²) in [5.41, 5.74) is 1.60. The van der Waals surface area contributed by atoms with E-state index in [9.17, 15) is 4.79 Å². The van der Waals surface area contributed by atoms with E-state index in [1.54, 1.807) is 13.3 Å². The Morgan fingerprint density at radius 2 is 2.21 bits per heavy atom. The molecular weight excluding hydrogens is 356 g/mol. The molecule has 1 aliphatic rings. The SMILES string of the molecule is COc1cccc(CC(=O)N2CCCC(c3noc(-c4ccccn4)n3)C2)c1. The first kappa shape index (κ1) is 18.2. The topological polar surface area (TPSA) is 81.4 Å². The number of pyridine rings is 1. The van der Waals surface area contributed by atoms with Crippen LogP contribution in [0.25, 0.3) is 11.6 Å². The molecule has 4 rings (SSSR count). The minimum Gasteiger partial charge on any atom is -0.497 e. The van der Waals surface area contributed by atoms with Crippen LogP contribution >= 0.6 is 0 Å². The smallest absolute Gasteiger partial charge is 0.276 e. The quantitative estimate of drug-likeness (QED) is 0.679. The summed E-state index contributed by atoms with van der Waals surface area (Å²) in [4.78, 5) is 23.4. The van der Waals surface area contributed by atoms with Crippen LogP contribution in [0.2, 0.25) is 0 Å². The summed E-state index contributed by atoms with van der Waals surface area (Å²) in [6.07, 6.45) is 3.90. The van der Waals surface area contributed by atoms with E-state index in [1.165, 1.54) is 0 Å². The van der Waals surface area contributed by atoms with Crippen molar-refractivity contribution in [1.29, 1.82) is 0 Å². The van der Waals surface area contributed by atoms with Crippen molar-refractivity contribution in [2.24, 2.45) is 0 Å². The van der Waals surface area contributed by atoms with Gasteiger partial charge in [0.05, 0.1) is 13.5 Å². The molecular formula is C21H22N4O3. The van der Waals surface area contributed by atoms with Gasteiger partial charge >= 0.3 is 0 Å². The van der Waals surface area contributed by atoms with E-state index in [2.05, 4.69) is 15.1 Å². The van der Waals surface area contributed by atoms with E-state index in [0.29, 0.717) is 30.4 Å². The first-order valence-electron chi connectivity index (χ1n) is 9.38. The summed E-state index contributed by atoms with van der Waals surface area (Å²) >= 11 is 0. The second-order valence-electron chi connectivity index (χ2n) is 6.88.